The maximum absolute atomic E-state index is 6.79. The van der Waals surface area contributed by atoms with Crippen molar-refractivity contribution in [3.05, 3.63) is 164 Å². The van der Waals surface area contributed by atoms with Crippen LogP contribution in [-0.2, 0) is 0 Å². The van der Waals surface area contributed by atoms with E-state index in [0.29, 0.717) is 0 Å². The van der Waals surface area contributed by atoms with E-state index < -0.39 is 0 Å². The lowest BCUT2D eigenvalue weighted by atomic mass is 9.98. The Morgan fingerprint density at radius 2 is 1.09 bits per heavy atom. The molecule has 0 aliphatic heterocycles. The van der Waals surface area contributed by atoms with Gasteiger partial charge in [-0.1, -0.05) is 121 Å². The fraction of sp³-hybridized carbons (Fsp3) is 0. The van der Waals surface area contributed by atoms with E-state index in [2.05, 4.69) is 169 Å². The molecule has 0 fully saturated rings. The molecule has 0 atom stereocenters. The maximum atomic E-state index is 6.79. The smallest absolute Gasteiger partial charge is 0.159 e. The molecule has 3 heteroatoms. The van der Waals surface area contributed by atoms with E-state index >= 15 is 0 Å². The summed E-state index contributed by atoms with van der Waals surface area (Å²) < 4.78 is 9.33. The van der Waals surface area contributed by atoms with Crippen molar-refractivity contribution < 1.29 is 4.42 Å². The Bertz CT molecular complexity index is 2800. The molecular formula is C44H27NOS. The molecule has 0 amide bonds. The zero-order valence-corrected chi connectivity index (χ0v) is 26.2. The van der Waals surface area contributed by atoms with Crippen LogP contribution in [0.15, 0.2) is 168 Å². The second-order valence-corrected chi connectivity index (χ2v) is 13.2. The van der Waals surface area contributed by atoms with E-state index in [0.717, 1.165) is 39.0 Å². The molecule has 0 radical (unpaired) electrons. The molecule has 0 spiro atoms. The number of anilines is 3. The Labute approximate surface area is 275 Å². The monoisotopic (exact) mass is 617 g/mol. The van der Waals surface area contributed by atoms with E-state index in [9.17, 15) is 0 Å². The van der Waals surface area contributed by atoms with Gasteiger partial charge in [0.2, 0.25) is 0 Å². The SMILES string of the molecule is c1ccc2cc3c(cc2c1)oc1c(N(c2ccc(-c4cccc5ccccc45)cc2)c2cccc4c2sc2ccccc24)cccc13. The summed E-state index contributed by atoms with van der Waals surface area (Å²) >= 11 is 1.85. The van der Waals surface area contributed by atoms with E-state index in [1.54, 1.807) is 0 Å². The minimum Gasteiger partial charge on any atom is -0.454 e. The van der Waals surface area contributed by atoms with Crippen molar-refractivity contribution in [2.75, 3.05) is 4.90 Å². The average Bonchev–Trinajstić information content (AvgIpc) is 3.70. The number of benzene rings is 8. The Hall–Kier alpha value is -5.90. The quantitative estimate of drug-likeness (QED) is 0.195. The van der Waals surface area contributed by atoms with Crippen LogP contribution in [0.5, 0.6) is 0 Å². The molecule has 0 saturated carbocycles. The van der Waals surface area contributed by atoms with Crippen molar-refractivity contribution in [1.82, 2.24) is 0 Å². The first-order valence-electron chi connectivity index (χ1n) is 15.9. The zero-order chi connectivity index (χ0) is 30.9. The van der Waals surface area contributed by atoms with Gasteiger partial charge in [0, 0.05) is 31.9 Å². The fourth-order valence-electron chi connectivity index (χ4n) is 7.23. The molecule has 2 aromatic heterocycles. The first-order chi connectivity index (χ1) is 23.3. The van der Waals surface area contributed by atoms with Crippen LogP contribution in [0.3, 0.4) is 0 Å². The third-order valence-corrected chi connectivity index (χ3v) is 10.6. The fourth-order valence-corrected chi connectivity index (χ4v) is 8.43. The van der Waals surface area contributed by atoms with Crippen LogP contribution in [-0.4, -0.2) is 0 Å². The van der Waals surface area contributed by atoms with Gasteiger partial charge in [0.15, 0.2) is 5.58 Å². The highest BCUT2D eigenvalue weighted by Crippen LogP contribution is 2.48. The van der Waals surface area contributed by atoms with Gasteiger partial charge in [-0.25, -0.2) is 0 Å². The molecule has 2 nitrogen and oxygen atoms in total. The molecule has 8 aromatic carbocycles. The number of thiophene rings is 1. The lowest BCUT2D eigenvalue weighted by molar-refractivity contribution is 0.669. The Morgan fingerprint density at radius 3 is 1.94 bits per heavy atom. The van der Waals surface area contributed by atoms with Gasteiger partial charge in [0.05, 0.1) is 16.1 Å². The van der Waals surface area contributed by atoms with E-state index in [4.69, 9.17) is 4.42 Å². The van der Waals surface area contributed by atoms with E-state index in [1.165, 1.54) is 52.8 Å². The van der Waals surface area contributed by atoms with Crippen molar-refractivity contribution in [2.24, 2.45) is 0 Å². The van der Waals surface area contributed by atoms with Crippen molar-refractivity contribution in [2.45, 2.75) is 0 Å². The molecular weight excluding hydrogens is 591 g/mol. The third kappa shape index (κ3) is 4.10. The predicted octanol–water partition coefficient (Wildman–Crippen LogP) is 13.4. The van der Waals surface area contributed by atoms with Gasteiger partial charge in [-0.2, -0.15) is 0 Å². The zero-order valence-electron chi connectivity index (χ0n) is 25.4. The van der Waals surface area contributed by atoms with Crippen LogP contribution >= 0.6 is 11.3 Å². The van der Waals surface area contributed by atoms with Gasteiger partial charge in [-0.05, 0) is 75.1 Å². The molecule has 0 aliphatic carbocycles. The van der Waals surface area contributed by atoms with Crippen LogP contribution in [0.2, 0.25) is 0 Å². The number of para-hydroxylation sites is 1. The molecule has 0 unspecified atom stereocenters. The van der Waals surface area contributed by atoms with E-state index in [-0.39, 0.29) is 0 Å². The largest absolute Gasteiger partial charge is 0.454 e. The molecule has 0 aliphatic rings. The van der Waals surface area contributed by atoms with Crippen molar-refractivity contribution in [3.8, 4) is 11.1 Å². The van der Waals surface area contributed by atoms with Crippen LogP contribution in [0.1, 0.15) is 0 Å². The second kappa shape index (κ2) is 10.3. The summed E-state index contributed by atoms with van der Waals surface area (Å²) in [4.78, 5) is 2.38. The summed E-state index contributed by atoms with van der Waals surface area (Å²) in [7, 11) is 0. The normalized spacial score (nSPS) is 11.8. The van der Waals surface area contributed by atoms with Gasteiger partial charge >= 0.3 is 0 Å². The lowest BCUT2D eigenvalue weighted by Gasteiger charge is -2.26. The molecule has 0 saturated heterocycles. The molecule has 10 rings (SSSR count). The Balaban J connectivity index is 1.23. The summed E-state index contributed by atoms with van der Waals surface area (Å²) in [6.07, 6.45) is 0. The number of hydrogen-bond acceptors (Lipinski definition) is 3. The van der Waals surface area contributed by atoms with Gasteiger partial charge in [0.1, 0.15) is 5.58 Å². The molecule has 0 N–H and O–H groups in total. The summed E-state index contributed by atoms with van der Waals surface area (Å²) in [5, 5.41) is 9.69. The first kappa shape index (κ1) is 26.3. The van der Waals surface area contributed by atoms with Crippen LogP contribution < -0.4 is 4.90 Å². The summed E-state index contributed by atoms with van der Waals surface area (Å²) in [5.41, 5.74) is 7.45. The summed E-state index contributed by atoms with van der Waals surface area (Å²) in [6.45, 7) is 0. The Morgan fingerprint density at radius 1 is 0.447 bits per heavy atom. The number of furan rings is 1. The topological polar surface area (TPSA) is 16.4 Å². The maximum Gasteiger partial charge on any atom is 0.159 e. The highest BCUT2D eigenvalue weighted by atomic mass is 32.1. The average molecular weight is 618 g/mol. The predicted molar refractivity (Wildman–Crippen MR) is 202 cm³/mol. The molecule has 47 heavy (non-hydrogen) atoms. The van der Waals surface area contributed by atoms with Gasteiger partial charge in [-0.3, -0.25) is 0 Å². The highest BCUT2D eigenvalue weighted by Gasteiger charge is 2.22. The number of fused-ring (bicyclic) bond motifs is 8. The second-order valence-electron chi connectivity index (χ2n) is 12.1. The number of hydrogen-bond donors (Lipinski definition) is 0. The number of rotatable bonds is 4. The van der Waals surface area contributed by atoms with Crippen molar-refractivity contribution in [1.29, 1.82) is 0 Å². The van der Waals surface area contributed by atoms with Crippen LogP contribution in [0.25, 0.3) is 74.8 Å². The minimum absolute atomic E-state index is 0.883. The van der Waals surface area contributed by atoms with Crippen LogP contribution in [0, 0.1) is 0 Å². The van der Waals surface area contributed by atoms with E-state index in [1.807, 2.05) is 11.3 Å². The first-order valence-corrected chi connectivity index (χ1v) is 16.7. The molecule has 10 aromatic rings. The minimum atomic E-state index is 0.883. The molecule has 2 heterocycles. The van der Waals surface area contributed by atoms with Gasteiger partial charge in [0.25, 0.3) is 0 Å². The third-order valence-electron chi connectivity index (χ3n) is 9.44. The lowest BCUT2D eigenvalue weighted by Crippen LogP contribution is -2.10. The molecule has 220 valence electrons. The van der Waals surface area contributed by atoms with Gasteiger partial charge in [-0.15, -0.1) is 11.3 Å². The van der Waals surface area contributed by atoms with Crippen molar-refractivity contribution >= 4 is 92.1 Å². The van der Waals surface area contributed by atoms with Gasteiger partial charge < -0.3 is 9.32 Å². The van der Waals surface area contributed by atoms with Crippen LogP contribution in [0.4, 0.5) is 17.1 Å². The summed E-state index contributed by atoms with van der Waals surface area (Å²) in [6, 6.07) is 59.0. The molecule has 0 bridgehead atoms. The van der Waals surface area contributed by atoms with Crippen molar-refractivity contribution in [3.63, 3.8) is 0 Å². The highest BCUT2D eigenvalue weighted by molar-refractivity contribution is 7.26. The standard InChI is InChI=1S/C44H27NOS/c1-2-12-31-27-41-38(26-30(31)11-1)36-17-8-19-39(43(36)46-41)45(40-20-9-18-37-35-15-5-6-21-42(35)47-44(37)40)32-24-22-29(23-25-32)34-16-7-13-28-10-3-4-14-33(28)34/h1-27H. The number of nitrogens with zero attached hydrogens (tertiary/aromatic N) is 1. The Kier molecular flexibility index (Phi) is 5.78. The summed E-state index contributed by atoms with van der Waals surface area (Å²) in [5.74, 6) is 0.